The molecule has 0 saturated carbocycles. The van der Waals surface area contributed by atoms with Gasteiger partial charge >= 0.3 is 5.97 Å². The number of rotatable bonds is 7. The second-order valence-corrected chi connectivity index (χ2v) is 5.85. The van der Waals surface area contributed by atoms with Gasteiger partial charge in [-0.1, -0.05) is 5.11 Å². The van der Waals surface area contributed by atoms with Crippen LogP contribution in [0.25, 0.3) is 16.1 Å². The Kier molecular flexibility index (Phi) is 6.41. The Bertz CT molecular complexity index is 822. The molecule has 0 aliphatic carbocycles. The third kappa shape index (κ3) is 4.05. The smallest absolute Gasteiger partial charge is 0.338 e. The van der Waals surface area contributed by atoms with Crippen molar-refractivity contribution in [1.29, 1.82) is 0 Å². The van der Waals surface area contributed by atoms with Crippen LogP contribution in [-0.2, 0) is 4.74 Å². The highest BCUT2D eigenvalue weighted by atomic mass is 16.5. The quantitative estimate of drug-likeness (QED) is 0.342. The number of carbonyl (C=O) groups is 1. The number of aliphatic hydroxyl groups is 2. The first-order valence-corrected chi connectivity index (χ1v) is 8.24. The number of aryl methyl sites for hydroxylation is 1. The van der Waals surface area contributed by atoms with Crippen molar-refractivity contribution in [3.8, 4) is 5.69 Å². The Morgan fingerprint density at radius 2 is 1.96 bits per heavy atom. The highest BCUT2D eigenvalue weighted by Crippen LogP contribution is 2.27. The molecule has 26 heavy (non-hydrogen) atoms. The summed E-state index contributed by atoms with van der Waals surface area (Å²) in [5.41, 5.74) is 11.8. The number of nitrogens with zero attached hydrogens (tertiary/aromatic N) is 4. The molecule has 1 heterocycles. The van der Waals surface area contributed by atoms with Gasteiger partial charge in [0.05, 0.1) is 24.8 Å². The lowest BCUT2D eigenvalue weighted by Crippen LogP contribution is -2.21. The van der Waals surface area contributed by atoms with Crippen molar-refractivity contribution in [1.82, 2.24) is 4.57 Å². The summed E-state index contributed by atoms with van der Waals surface area (Å²) in [5.74, 6) is -0.378. The van der Waals surface area contributed by atoms with Gasteiger partial charge in [0, 0.05) is 27.6 Å². The highest BCUT2D eigenvalue weighted by Gasteiger charge is 2.23. The van der Waals surface area contributed by atoms with Crippen LogP contribution in [0.3, 0.4) is 0 Å². The zero-order valence-corrected chi connectivity index (χ0v) is 15.0. The van der Waals surface area contributed by atoms with Crippen LogP contribution in [0.1, 0.15) is 40.3 Å². The number of benzene rings is 1. The Morgan fingerprint density at radius 1 is 1.31 bits per heavy atom. The monoisotopic (exact) mass is 358 g/mol. The molecule has 2 rings (SSSR count). The van der Waals surface area contributed by atoms with E-state index in [9.17, 15) is 15.0 Å². The summed E-state index contributed by atoms with van der Waals surface area (Å²) < 4.78 is 6.88. The van der Waals surface area contributed by atoms with Crippen molar-refractivity contribution in [3.63, 3.8) is 0 Å². The van der Waals surface area contributed by atoms with E-state index in [-0.39, 0.29) is 12.5 Å². The van der Waals surface area contributed by atoms with Crippen molar-refractivity contribution in [3.05, 3.63) is 63.3 Å². The minimum Gasteiger partial charge on any atom is -0.462 e. The van der Waals surface area contributed by atoms with Gasteiger partial charge in [0.1, 0.15) is 6.10 Å². The van der Waals surface area contributed by atoms with E-state index in [1.54, 1.807) is 37.3 Å². The molecular formula is C18H22N4O4. The Morgan fingerprint density at radius 3 is 2.54 bits per heavy atom. The summed E-state index contributed by atoms with van der Waals surface area (Å²) in [6.45, 7) is 5.56. The van der Waals surface area contributed by atoms with Gasteiger partial charge in [0.2, 0.25) is 0 Å². The topological polar surface area (TPSA) is 120 Å². The molecule has 0 aliphatic heterocycles. The molecule has 0 aliphatic rings. The summed E-state index contributed by atoms with van der Waals surface area (Å²) in [6.07, 6.45) is -2.36. The van der Waals surface area contributed by atoms with Gasteiger partial charge in [-0.3, -0.25) is 0 Å². The first-order chi connectivity index (χ1) is 12.4. The lowest BCUT2D eigenvalue weighted by atomic mass is 10.0. The van der Waals surface area contributed by atoms with E-state index in [1.165, 1.54) is 0 Å². The third-order valence-corrected chi connectivity index (χ3v) is 4.12. The molecule has 2 aromatic rings. The number of esters is 1. The average Bonchev–Trinajstić information content (AvgIpc) is 2.93. The van der Waals surface area contributed by atoms with Gasteiger partial charge in [-0.05, 0) is 56.6 Å². The number of hydrogen-bond acceptors (Lipinski definition) is 5. The van der Waals surface area contributed by atoms with Crippen LogP contribution in [0, 0.1) is 13.8 Å². The van der Waals surface area contributed by atoms with E-state index in [1.807, 2.05) is 18.4 Å². The molecule has 0 fully saturated rings. The number of azide groups is 1. The zero-order chi connectivity index (χ0) is 19.3. The second kappa shape index (κ2) is 8.53. The molecule has 2 atom stereocenters. The van der Waals surface area contributed by atoms with E-state index >= 15 is 0 Å². The van der Waals surface area contributed by atoms with Gasteiger partial charge in [-0.15, -0.1) is 0 Å². The number of aliphatic hydroxyl groups excluding tert-OH is 2. The molecule has 8 nitrogen and oxygen atoms in total. The van der Waals surface area contributed by atoms with E-state index in [0.717, 1.165) is 17.1 Å². The third-order valence-electron chi connectivity index (χ3n) is 4.12. The molecule has 0 radical (unpaired) electrons. The van der Waals surface area contributed by atoms with Crippen LogP contribution in [0.5, 0.6) is 0 Å². The molecule has 138 valence electrons. The van der Waals surface area contributed by atoms with Gasteiger partial charge in [-0.2, -0.15) is 0 Å². The minimum absolute atomic E-state index is 0.213. The van der Waals surface area contributed by atoms with Crippen LogP contribution < -0.4 is 0 Å². The van der Waals surface area contributed by atoms with Crippen molar-refractivity contribution >= 4 is 5.97 Å². The van der Waals surface area contributed by atoms with E-state index in [2.05, 4.69) is 10.0 Å². The Balaban J connectivity index is 2.32. The largest absolute Gasteiger partial charge is 0.462 e. The lowest BCUT2D eigenvalue weighted by Gasteiger charge is -2.17. The SMILES string of the molecule is CCOC(=O)c1ccc(-n2c(C)cc(C(O)C(O)CN=[N+]=[N-])c2C)cc1. The number of aromatic nitrogens is 1. The number of ether oxygens (including phenoxy) is 1. The summed E-state index contributed by atoms with van der Waals surface area (Å²) >= 11 is 0. The molecule has 1 aromatic carbocycles. The average molecular weight is 358 g/mol. The molecule has 8 heteroatoms. The first kappa shape index (κ1) is 19.5. The first-order valence-electron chi connectivity index (χ1n) is 8.24. The van der Waals surface area contributed by atoms with E-state index in [0.29, 0.717) is 17.7 Å². The van der Waals surface area contributed by atoms with Crippen molar-refractivity contribution in [2.24, 2.45) is 5.11 Å². The second-order valence-electron chi connectivity index (χ2n) is 5.85. The van der Waals surface area contributed by atoms with E-state index < -0.39 is 12.2 Å². The number of carbonyl (C=O) groups excluding carboxylic acids is 1. The maximum absolute atomic E-state index is 11.8. The molecule has 0 amide bonds. The normalized spacial score (nSPS) is 13.0. The van der Waals surface area contributed by atoms with Crippen molar-refractivity contribution < 1.29 is 19.7 Å². The number of hydrogen-bond donors (Lipinski definition) is 2. The molecule has 2 N–H and O–H groups in total. The Labute approximate surface area is 151 Å². The van der Waals surface area contributed by atoms with Gasteiger partial charge in [0.15, 0.2) is 0 Å². The van der Waals surface area contributed by atoms with Crippen LogP contribution in [-0.4, -0.2) is 40.0 Å². The molecule has 0 spiro atoms. The fourth-order valence-electron chi connectivity index (χ4n) is 2.87. The summed E-state index contributed by atoms with van der Waals surface area (Å²) in [7, 11) is 0. The maximum atomic E-state index is 11.8. The Hall–Kier alpha value is -2.80. The fourth-order valence-corrected chi connectivity index (χ4v) is 2.87. The fraction of sp³-hybridized carbons (Fsp3) is 0.389. The van der Waals surface area contributed by atoms with Crippen LogP contribution in [0.4, 0.5) is 0 Å². The lowest BCUT2D eigenvalue weighted by molar-refractivity contribution is 0.0240. The molecule has 2 unspecified atom stereocenters. The standard InChI is InChI=1S/C18H22N4O4/c1-4-26-18(25)13-5-7-14(8-6-13)22-11(2)9-15(12(22)3)17(24)16(23)10-20-21-19/h5-9,16-17,23-24H,4,10H2,1-3H3. The van der Waals surface area contributed by atoms with Gasteiger partial charge in [0.25, 0.3) is 0 Å². The molecular weight excluding hydrogens is 336 g/mol. The highest BCUT2D eigenvalue weighted by molar-refractivity contribution is 5.89. The summed E-state index contributed by atoms with van der Waals surface area (Å²) in [5, 5.41) is 23.6. The molecule has 1 aromatic heterocycles. The molecule has 0 bridgehead atoms. The van der Waals surface area contributed by atoms with Crippen LogP contribution in [0.15, 0.2) is 35.4 Å². The predicted molar refractivity (Wildman–Crippen MR) is 96.2 cm³/mol. The van der Waals surface area contributed by atoms with E-state index in [4.69, 9.17) is 10.3 Å². The van der Waals surface area contributed by atoms with Crippen LogP contribution >= 0.6 is 0 Å². The van der Waals surface area contributed by atoms with Gasteiger partial charge in [-0.25, -0.2) is 4.79 Å². The van der Waals surface area contributed by atoms with Gasteiger partial charge < -0.3 is 19.5 Å². The zero-order valence-electron chi connectivity index (χ0n) is 15.0. The predicted octanol–water partition coefficient (Wildman–Crippen LogP) is 2.98. The maximum Gasteiger partial charge on any atom is 0.338 e. The summed E-state index contributed by atoms with van der Waals surface area (Å²) in [6, 6.07) is 8.72. The summed E-state index contributed by atoms with van der Waals surface area (Å²) in [4.78, 5) is 14.3. The van der Waals surface area contributed by atoms with Crippen molar-refractivity contribution in [2.75, 3.05) is 13.2 Å². The molecule has 0 saturated heterocycles. The van der Waals surface area contributed by atoms with Crippen molar-refractivity contribution in [2.45, 2.75) is 33.0 Å². The minimum atomic E-state index is -1.19. The van der Waals surface area contributed by atoms with Crippen LogP contribution in [0.2, 0.25) is 0 Å².